The number of carbonyl (C=O) groups is 2. The molecule has 3 N–H and O–H groups in total. The maximum absolute atomic E-state index is 11.0. The third-order valence-corrected chi connectivity index (χ3v) is 3.70. The number of aryl methyl sites for hydroxylation is 1. The minimum absolute atomic E-state index is 0.0758. The first kappa shape index (κ1) is 14.6. The van der Waals surface area contributed by atoms with Gasteiger partial charge in [0.25, 0.3) is 0 Å². The zero-order valence-electron chi connectivity index (χ0n) is 9.91. The number of rotatable bonds is 5. The minimum atomic E-state index is -1.32. The van der Waals surface area contributed by atoms with E-state index < -0.39 is 24.1 Å². The number of ether oxygens (including phenoxy) is 1. The van der Waals surface area contributed by atoms with Crippen molar-refractivity contribution in [2.24, 2.45) is 0 Å². The molecule has 0 bridgehead atoms. The normalized spacial score (nSPS) is 14.0. The summed E-state index contributed by atoms with van der Waals surface area (Å²) in [6, 6.07) is 1.41. The fourth-order valence-electron chi connectivity index (χ4n) is 1.44. The Morgan fingerprint density at radius 1 is 1.44 bits per heavy atom. The van der Waals surface area contributed by atoms with E-state index in [1.807, 2.05) is 0 Å². The number of carbonyl (C=O) groups excluding carboxylic acids is 1. The minimum Gasteiger partial charge on any atom is -0.477 e. The number of aliphatic hydroxyl groups excluding tert-OH is 2. The van der Waals surface area contributed by atoms with E-state index >= 15 is 0 Å². The molecular formula is C11H14O6S. The standard InChI is InChI=1S/C11H14O6S/c1-5-3-7(11(15)16)18-10(5)9(14)6(12)4-8(13)17-2/h3,6,9,12,14H,4H2,1-2H3,(H,15,16). The first-order chi connectivity index (χ1) is 8.36. The number of carboxylic acid groups (broad SMARTS) is 1. The van der Waals surface area contributed by atoms with Crippen molar-refractivity contribution in [2.75, 3.05) is 7.11 Å². The molecule has 0 fully saturated rings. The summed E-state index contributed by atoms with van der Waals surface area (Å²) in [5, 5.41) is 28.3. The van der Waals surface area contributed by atoms with Gasteiger partial charge in [0.15, 0.2) is 0 Å². The Bertz CT molecular complexity index is 452. The van der Waals surface area contributed by atoms with Crippen LogP contribution in [0, 0.1) is 6.92 Å². The summed E-state index contributed by atoms with van der Waals surface area (Å²) in [6.07, 6.45) is -2.98. The molecule has 7 heteroatoms. The zero-order valence-corrected chi connectivity index (χ0v) is 10.7. The molecule has 0 radical (unpaired) electrons. The van der Waals surface area contributed by atoms with Crippen molar-refractivity contribution >= 4 is 23.3 Å². The maximum atomic E-state index is 11.0. The molecule has 2 unspecified atom stereocenters. The quantitative estimate of drug-likeness (QED) is 0.683. The predicted octanol–water partition coefficient (Wildman–Crippen LogP) is 0.712. The number of methoxy groups -OCH3 is 1. The third kappa shape index (κ3) is 3.28. The predicted molar refractivity (Wildman–Crippen MR) is 63.6 cm³/mol. The van der Waals surface area contributed by atoms with E-state index in [2.05, 4.69) is 4.74 Å². The fraction of sp³-hybridized carbons (Fsp3) is 0.455. The average Bonchev–Trinajstić information content (AvgIpc) is 2.70. The maximum Gasteiger partial charge on any atom is 0.345 e. The van der Waals surface area contributed by atoms with Crippen LogP contribution in [-0.2, 0) is 9.53 Å². The fourth-order valence-corrected chi connectivity index (χ4v) is 2.49. The highest BCUT2D eigenvalue weighted by Crippen LogP contribution is 2.30. The van der Waals surface area contributed by atoms with Crippen LogP contribution >= 0.6 is 11.3 Å². The average molecular weight is 274 g/mol. The number of hydrogen-bond acceptors (Lipinski definition) is 6. The molecule has 1 aromatic heterocycles. The van der Waals surface area contributed by atoms with Gasteiger partial charge in [0.2, 0.25) is 0 Å². The molecule has 0 aliphatic rings. The smallest absolute Gasteiger partial charge is 0.345 e. The van der Waals surface area contributed by atoms with Crippen molar-refractivity contribution in [3.05, 3.63) is 21.4 Å². The Kier molecular flexibility index (Phi) is 4.83. The third-order valence-electron chi connectivity index (χ3n) is 2.40. The topological polar surface area (TPSA) is 104 Å². The van der Waals surface area contributed by atoms with Crippen LogP contribution in [0.4, 0.5) is 0 Å². The van der Waals surface area contributed by atoms with Crippen LogP contribution in [0.15, 0.2) is 6.07 Å². The van der Waals surface area contributed by atoms with E-state index in [0.717, 1.165) is 11.3 Å². The van der Waals surface area contributed by atoms with E-state index in [1.165, 1.54) is 13.2 Å². The molecule has 1 heterocycles. The molecule has 18 heavy (non-hydrogen) atoms. The highest BCUT2D eigenvalue weighted by atomic mass is 32.1. The Morgan fingerprint density at radius 2 is 2.06 bits per heavy atom. The van der Waals surface area contributed by atoms with E-state index in [9.17, 15) is 19.8 Å². The second-order valence-electron chi connectivity index (χ2n) is 3.76. The molecule has 1 aromatic rings. The Balaban J connectivity index is 2.86. The van der Waals surface area contributed by atoms with Crippen LogP contribution in [0.25, 0.3) is 0 Å². The van der Waals surface area contributed by atoms with Crippen molar-refractivity contribution in [1.82, 2.24) is 0 Å². The number of aliphatic hydroxyl groups is 2. The van der Waals surface area contributed by atoms with Crippen LogP contribution in [0.3, 0.4) is 0 Å². The molecule has 0 aliphatic carbocycles. The van der Waals surface area contributed by atoms with Crippen molar-refractivity contribution in [1.29, 1.82) is 0 Å². The van der Waals surface area contributed by atoms with Crippen LogP contribution in [0.5, 0.6) is 0 Å². The first-order valence-electron chi connectivity index (χ1n) is 5.13. The summed E-state index contributed by atoms with van der Waals surface area (Å²) < 4.78 is 4.38. The van der Waals surface area contributed by atoms with Gasteiger partial charge < -0.3 is 20.1 Å². The van der Waals surface area contributed by atoms with Gasteiger partial charge in [-0.25, -0.2) is 4.79 Å². The molecule has 0 saturated carbocycles. The Labute approximate surface area is 107 Å². The van der Waals surface area contributed by atoms with Crippen LogP contribution < -0.4 is 0 Å². The molecule has 2 atom stereocenters. The lowest BCUT2D eigenvalue weighted by atomic mass is 10.1. The number of hydrogen-bond donors (Lipinski definition) is 3. The largest absolute Gasteiger partial charge is 0.477 e. The van der Waals surface area contributed by atoms with Gasteiger partial charge in [0.1, 0.15) is 11.0 Å². The molecule has 0 aliphatic heterocycles. The molecule has 0 amide bonds. The van der Waals surface area contributed by atoms with Gasteiger partial charge in [-0.05, 0) is 18.6 Å². The summed E-state index contributed by atoms with van der Waals surface area (Å²) in [6.45, 7) is 1.63. The lowest BCUT2D eigenvalue weighted by Crippen LogP contribution is -2.22. The number of aromatic carboxylic acids is 1. The lowest BCUT2D eigenvalue weighted by molar-refractivity contribution is -0.144. The van der Waals surface area contributed by atoms with E-state index in [-0.39, 0.29) is 11.3 Å². The first-order valence-corrected chi connectivity index (χ1v) is 5.95. The second kappa shape index (κ2) is 5.94. The monoisotopic (exact) mass is 274 g/mol. The van der Waals surface area contributed by atoms with Crippen LogP contribution in [0.2, 0.25) is 0 Å². The molecular weight excluding hydrogens is 260 g/mol. The Morgan fingerprint density at radius 3 is 2.50 bits per heavy atom. The van der Waals surface area contributed by atoms with Gasteiger partial charge in [0, 0.05) is 4.88 Å². The van der Waals surface area contributed by atoms with Gasteiger partial charge in [-0.2, -0.15) is 0 Å². The van der Waals surface area contributed by atoms with Crippen molar-refractivity contribution in [3.8, 4) is 0 Å². The van der Waals surface area contributed by atoms with E-state index in [4.69, 9.17) is 5.11 Å². The van der Waals surface area contributed by atoms with Gasteiger partial charge in [-0.1, -0.05) is 0 Å². The Hall–Kier alpha value is -1.44. The SMILES string of the molecule is COC(=O)CC(O)C(O)c1sc(C(=O)O)cc1C. The molecule has 1 rings (SSSR count). The summed E-state index contributed by atoms with van der Waals surface area (Å²) in [5.41, 5.74) is 0.564. The molecule has 0 spiro atoms. The van der Waals surface area contributed by atoms with E-state index in [0.29, 0.717) is 10.4 Å². The van der Waals surface area contributed by atoms with Crippen LogP contribution in [-0.4, -0.2) is 40.5 Å². The summed E-state index contributed by atoms with van der Waals surface area (Å²) in [5.74, 6) is -1.74. The number of thiophene rings is 1. The zero-order chi connectivity index (χ0) is 13.9. The van der Waals surface area contributed by atoms with Crippen molar-refractivity contribution in [2.45, 2.75) is 25.6 Å². The van der Waals surface area contributed by atoms with Crippen molar-refractivity contribution in [3.63, 3.8) is 0 Å². The van der Waals surface area contributed by atoms with E-state index in [1.54, 1.807) is 6.92 Å². The molecule has 6 nitrogen and oxygen atoms in total. The van der Waals surface area contributed by atoms with Gasteiger partial charge >= 0.3 is 11.9 Å². The van der Waals surface area contributed by atoms with Crippen LogP contribution in [0.1, 0.15) is 32.6 Å². The second-order valence-corrected chi connectivity index (χ2v) is 4.84. The molecule has 0 saturated heterocycles. The molecule has 100 valence electrons. The summed E-state index contributed by atoms with van der Waals surface area (Å²) in [4.78, 5) is 22.2. The number of esters is 1. The summed E-state index contributed by atoms with van der Waals surface area (Å²) >= 11 is 0.877. The lowest BCUT2D eigenvalue weighted by Gasteiger charge is -2.16. The van der Waals surface area contributed by atoms with Gasteiger partial charge in [0.05, 0.1) is 19.6 Å². The van der Waals surface area contributed by atoms with Crippen molar-refractivity contribution < 1.29 is 29.6 Å². The van der Waals surface area contributed by atoms with Gasteiger partial charge in [-0.3, -0.25) is 4.79 Å². The highest BCUT2D eigenvalue weighted by Gasteiger charge is 2.26. The van der Waals surface area contributed by atoms with Gasteiger partial charge in [-0.15, -0.1) is 11.3 Å². The molecule has 0 aromatic carbocycles. The summed E-state index contributed by atoms with van der Waals surface area (Å²) in [7, 11) is 1.18. The number of carboxylic acids is 1. The highest BCUT2D eigenvalue weighted by molar-refractivity contribution is 7.14.